The zero-order valence-corrected chi connectivity index (χ0v) is 14.8. The SMILES string of the molecule is COC(=O)CCC[C@H]1O[C@@H]1/C=C/C=C/COC(=O)COc1ccccc1. The molecule has 26 heavy (non-hydrogen) atoms. The van der Waals surface area contributed by atoms with Gasteiger partial charge in [-0.2, -0.15) is 0 Å². The molecule has 0 aliphatic carbocycles. The molecule has 2 rings (SSSR count). The van der Waals surface area contributed by atoms with Gasteiger partial charge < -0.3 is 18.9 Å². The van der Waals surface area contributed by atoms with Gasteiger partial charge in [-0.3, -0.25) is 4.79 Å². The van der Waals surface area contributed by atoms with Crippen LogP contribution in [0, 0.1) is 0 Å². The number of hydrogen-bond donors (Lipinski definition) is 0. The van der Waals surface area contributed by atoms with Crippen LogP contribution in [0.3, 0.4) is 0 Å². The molecule has 0 radical (unpaired) electrons. The average Bonchev–Trinajstić information content (AvgIpc) is 3.41. The fraction of sp³-hybridized carbons (Fsp3) is 0.400. The number of allylic oxidation sites excluding steroid dienone is 2. The van der Waals surface area contributed by atoms with Crippen LogP contribution in [0.1, 0.15) is 19.3 Å². The maximum absolute atomic E-state index is 11.5. The number of epoxide rings is 1. The fourth-order valence-corrected chi connectivity index (χ4v) is 2.26. The second-order valence-corrected chi connectivity index (χ2v) is 5.71. The van der Waals surface area contributed by atoms with Gasteiger partial charge in [-0.05, 0) is 31.1 Å². The van der Waals surface area contributed by atoms with Gasteiger partial charge in [-0.15, -0.1) is 0 Å². The Morgan fingerprint density at radius 2 is 1.96 bits per heavy atom. The van der Waals surface area contributed by atoms with Gasteiger partial charge in [0.1, 0.15) is 18.5 Å². The third-order valence-corrected chi connectivity index (χ3v) is 3.71. The Hall–Kier alpha value is -2.60. The predicted molar refractivity (Wildman–Crippen MR) is 95.7 cm³/mol. The zero-order valence-electron chi connectivity index (χ0n) is 14.8. The van der Waals surface area contributed by atoms with Crippen LogP contribution in [0.5, 0.6) is 5.75 Å². The number of benzene rings is 1. The molecule has 1 aliphatic heterocycles. The van der Waals surface area contributed by atoms with Crippen molar-refractivity contribution in [3.63, 3.8) is 0 Å². The molecule has 0 unspecified atom stereocenters. The highest BCUT2D eigenvalue weighted by molar-refractivity contribution is 5.71. The number of carbonyl (C=O) groups is 2. The van der Waals surface area contributed by atoms with Crippen molar-refractivity contribution in [1.29, 1.82) is 0 Å². The normalized spacial score (nSPS) is 18.8. The van der Waals surface area contributed by atoms with Gasteiger partial charge in [-0.25, -0.2) is 4.79 Å². The molecule has 1 saturated heterocycles. The minimum absolute atomic E-state index is 0.0964. The third kappa shape index (κ3) is 7.98. The van der Waals surface area contributed by atoms with E-state index in [9.17, 15) is 9.59 Å². The van der Waals surface area contributed by atoms with E-state index in [4.69, 9.17) is 14.2 Å². The molecule has 0 aromatic heterocycles. The maximum atomic E-state index is 11.5. The molecule has 6 heteroatoms. The van der Waals surface area contributed by atoms with Crippen molar-refractivity contribution in [1.82, 2.24) is 0 Å². The highest BCUT2D eigenvalue weighted by atomic mass is 16.6. The smallest absolute Gasteiger partial charge is 0.344 e. The number of ether oxygens (including phenoxy) is 4. The second-order valence-electron chi connectivity index (χ2n) is 5.71. The molecule has 1 fully saturated rings. The first kappa shape index (κ1) is 19.7. The summed E-state index contributed by atoms with van der Waals surface area (Å²) in [5, 5.41) is 0. The third-order valence-electron chi connectivity index (χ3n) is 3.71. The van der Waals surface area contributed by atoms with Crippen LogP contribution in [0.25, 0.3) is 0 Å². The van der Waals surface area contributed by atoms with Crippen molar-refractivity contribution in [3.05, 3.63) is 54.6 Å². The Morgan fingerprint density at radius 3 is 2.73 bits per heavy atom. The van der Waals surface area contributed by atoms with E-state index in [1.807, 2.05) is 30.4 Å². The zero-order chi connectivity index (χ0) is 18.6. The number of carbonyl (C=O) groups excluding carboxylic acids is 2. The van der Waals surface area contributed by atoms with Crippen LogP contribution in [0.2, 0.25) is 0 Å². The summed E-state index contributed by atoms with van der Waals surface area (Å²) < 4.78 is 20.4. The summed E-state index contributed by atoms with van der Waals surface area (Å²) in [6.07, 6.45) is 9.65. The summed E-state index contributed by atoms with van der Waals surface area (Å²) in [5.41, 5.74) is 0. The molecule has 0 amide bonds. The van der Waals surface area contributed by atoms with Crippen molar-refractivity contribution in [2.45, 2.75) is 31.5 Å². The van der Waals surface area contributed by atoms with E-state index < -0.39 is 5.97 Å². The lowest BCUT2D eigenvalue weighted by molar-refractivity contribution is -0.144. The van der Waals surface area contributed by atoms with Gasteiger partial charge >= 0.3 is 11.9 Å². The average molecular weight is 360 g/mol. The van der Waals surface area contributed by atoms with Crippen LogP contribution in [-0.2, 0) is 23.8 Å². The lowest BCUT2D eigenvalue weighted by Crippen LogP contribution is -2.14. The molecule has 6 nitrogen and oxygen atoms in total. The van der Waals surface area contributed by atoms with Crippen molar-refractivity contribution in [2.75, 3.05) is 20.3 Å². The van der Waals surface area contributed by atoms with Crippen LogP contribution >= 0.6 is 0 Å². The number of methoxy groups -OCH3 is 1. The molecule has 140 valence electrons. The molecule has 1 aromatic rings. The topological polar surface area (TPSA) is 74.4 Å². The maximum Gasteiger partial charge on any atom is 0.344 e. The molecule has 1 aliphatic rings. The molecule has 0 saturated carbocycles. The van der Waals surface area contributed by atoms with Gasteiger partial charge in [0.05, 0.1) is 13.2 Å². The molecule has 0 bridgehead atoms. The van der Waals surface area contributed by atoms with Crippen molar-refractivity contribution < 1.29 is 28.5 Å². The van der Waals surface area contributed by atoms with E-state index in [1.165, 1.54) is 7.11 Å². The van der Waals surface area contributed by atoms with E-state index in [1.54, 1.807) is 24.3 Å². The van der Waals surface area contributed by atoms with Crippen LogP contribution in [-0.4, -0.2) is 44.5 Å². The van der Waals surface area contributed by atoms with Gasteiger partial charge in [0.15, 0.2) is 6.61 Å². The van der Waals surface area contributed by atoms with Gasteiger partial charge in [0.25, 0.3) is 0 Å². The van der Waals surface area contributed by atoms with Crippen molar-refractivity contribution in [3.8, 4) is 5.75 Å². The minimum atomic E-state index is -0.418. The van der Waals surface area contributed by atoms with Gasteiger partial charge in [0, 0.05) is 6.42 Å². The molecule has 0 N–H and O–H groups in total. The van der Waals surface area contributed by atoms with E-state index in [-0.39, 0.29) is 31.4 Å². The highest BCUT2D eigenvalue weighted by Crippen LogP contribution is 2.28. The Kier molecular flexibility index (Phi) is 8.42. The van der Waals surface area contributed by atoms with E-state index in [0.29, 0.717) is 12.2 Å². The molecule has 1 aromatic carbocycles. The summed E-state index contributed by atoms with van der Waals surface area (Å²) >= 11 is 0. The summed E-state index contributed by atoms with van der Waals surface area (Å²) in [6.45, 7) is 0.0757. The second kappa shape index (κ2) is 11.1. The summed E-state index contributed by atoms with van der Waals surface area (Å²) in [5.74, 6) is 0.0246. The molecule has 0 spiro atoms. The lowest BCUT2D eigenvalue weighted by atomic mass is 10.1. The molecule has 1 heterocycles. The molecular weight excluding hydrogens is 336 g/mol. The summed E-state index contributed by atoms with van der Waals surface area (Å²) in [6, 6.07) is 9.11. The number of para-hydroxylation sites is 1. The largest absolute Gasteiger partial charge is 0.482 e. The minimum Gasteiger partial charge on any atom is -0.482 e. The van der Waals surface area contributed by atoms with Gasteiger partial charge in [-0.1, -0.05) is 36.4 Å². The van der Waals surface area contributed by atoms with E-state index in [0.717, 1.165) is 12.8 Å². The highest BCUT2D eigenvalue weighted by Gasteiger charge is 2.35. The van der Waals surface area contributed by atoms with E-state index >= 15 is 0 Å². The lowest BCUT2D eigenvalue weighted by Gasteiger charge is -2.04. The Morgan fingerprint density at radius 1 is 1.15 bits per heavy atom. The number of esters is 2. The quantitative estimate of drug-likeness (QED) is 0.343. The van der Waals surface area contributed by atoms with E-state index in [2.05, 4.69) is 4.74 Å². The first-order valence-electron chi connectivity index (χ1n) is 8.58. The van der Waals surface area contributed by atoms with Crippen molar-refractivity contribution in [2.24, 2.45) is 0 Å². The fourth-order valence-electron chi connectivity index (χ4n) is 2.26. The van der Waals surface area contributed by atoms with Crippen LogP contribution in [0.15, 0.2) is 54.6 Å². The monoisotopic (exact) mass is 360 g/mol. The summed E-state index contributed by atoms with van der Waals surface area (Å²) in [7, 11) is 1.39. The molecule has 2 atom stereocenters. The first-order valence-corrected chi connectivity index (χ1v) is 8.58. The van der Waals surface area contributed by atoms with Crippen LogP contribution in [0.4, 0.5) is 0 Å². The standard InChI is InChI=1S/C20H24O6/c1-23-19(21)13-8-12-18-17(26-18)11-6-3-7-14-24-20(22)15-25-16-9-4-2-5-10-16/h2-7,9-11,17-18H,8,12-15H2,1H3/b7-3+,11-6+/t17-,18-/m1/s1. The Balaban J connectivity index is 1.50. The first-order chi connectivity index (χ1) is 12.7. The van der Waals surface area contributed by atoms with Crippen molar-refractivity contribution >= 4 is 11.9 Å². The number of hydrogen-bond acceptors (Lipinski definition) is 6. The van der Waals surface area contributed by atoms with Crippen LogP contribution < -0.4 is 4.74 Å². The predicted octanol–water partition coefficient (Wildman–Crippen LogP) is 2.83. The van der Waals surface area contributed by atoms with Gasteiger partial charge in [0.2, 0.25) is 0 Å². The Labute approximate surface area is 153 Å². The molecular formula is C20H24O6. The Bertz CT molecular complexity index is 622. The number of rotatable bonds is 11. The summed E-state index contributed by atoms with van der Waals surface area (Å²) in [4.78, 5) is 22.5.